The van der Waals surface area contributed by atoms with Crippen molar-refractivity contribution in [1.29, 1.82) is 0 Å². The largest absolute Gasteiger partial charge is 0.495 e. The Bertz CT molecular complexity index is 1220. The van der Waals surface area contributed by atoms with Crippen molar-refractivity contribution in [3.63, 3.8) is 0 Å². The van der Waals surface area contributed by atoms with Crippen molar-refractivity contribution in [2.24, 2.45) is 0 Å². The molecule has 11 heteroatoms. The quantitative estimate of drug-likeness (QED) is 0.425. The summed E-state index contributed by atoms with van der Waals surface area (Å²) in [7, 11) is -2.53. The van der Waals surface area contributed by atoms with Gasteiger partial charge in [0.1, 0.15) is 18.3 Å². The molecule has 0 heterocycles. The van der Waals surface area contributed by atoms with Crippen LogP contribution < -0.4 is 14.4 Å². The highest BCUT2D eigenvalue weighted by Gasteiger charge is 2.34. The Morgan fingerprint density at radius 3 is 2.41 bits per heavy atom. The second-order valence-electron chi connectivity index (χ2n) is 9.11. The fourth-order valence-electron chi connectivity index (χ4n) is 4.55. The molecule has 1 saturated carbocycles. The molecule has 2 amide bonds. The molecule has 1 fully saturated rings. The highest BCUT2D eigenvalue weighted by Crippen LogP contribution is 2.33. The third-order valence-corrected chi connectivity index (χ3v) is 8.21. The maximum atomic E-state index is 13.8. The first-order valence-electron chi connectivity index (χ1n) is 12.2. The first-order valence-corrected chi connectivity index (χ1v) is 14.8. The zero-order chi connectivity index (χ0) is 27.2. The number of benzene rings is 2. The van der Waals surface area contributed by atoms with Crippen molar-refractivity contribution >= 4 is 50.7 Å². The van der Waals surface area contributed by atoms with Gasteiger partial charge in [-0.2, -0.15) is 0 Å². The summed E-state index contributed by atoms with van der Waals surface area (Å²) in [6.45, 7) is 1.31. The van der Waals surface area contributed by atoms with Crippen LogP contribution in [0.3, 0.4) is 0 Å². The number of hydrogen-bond donors (Lipinski definition) is 1. The summed E-state index contributed by atoms with van der Waals surface area (Å²) in [5, 5.41) is 3.80. The molecule has 37 heavy (non-hydrogen) atoms. The van der Waals surface area contributed by atoms with Crippen molar-refractivity contribution in [2.75, 3.05) is 24.2 Å². The molecule has 202 valence electrons. The SMILES string of the molecule is CC[C@@H](C(=O)NC1CCCC1)N(Cc1ccccc1Cl)C(=O)CN(c1cc(Cl)ccc1OC)S(C)(=O)=O. The number of ether oxygens (including phenoxy) is 1. The molecule has 2 aromatic rings. The molecule has 1 atom stereocenters. The van der Waals surface area contributed by atoms with Gasteiger partial charge in [-0.25, -0.2) is 8.42 Å². The number of nitrogens with one attached hydrogen (secondary N) is 1. The second kappa shape index (κ2) is 12.8. The number of sulfonamides is 1. The van der Waals surface area contributed by atoms with Crippen molar-refractivity contribution in [1.82, 2.24) is 10.2 Å². The molecule has 0 unspecified atom stereocenters. The van der Waals surface area contributed by atoms with E-state index >= 15 is 0 Å². The molecule has 1 N–H and O–H groups in total. The first kappa shape index (κ1) is 29.1. The minimum atomic E-state index is -3.93. The summed E-state index contributed by atoms with van der Waals surface area (Å²) in [6, 6.07) is 10.8. The zero-order valence-corrected chi connectivity index (χ0v) is 23.6. The Morgan fingerprint density at radius 2 is 1.81 bits per heavy atom. The van der Waals surface area contributed by atoms with Gasteiger partial charge in [-0.05, 0) is 49.1 Å². The van der Waals surface area contributed by atoms with Crippen LogP contribution in [0.5, 0.6) is 5.75 Å². The lowest BCUT2D eigenvalue weighted by molar-refractivity contribution is -0.140. The van der Waals surface area contributed by atoms with E-state index in [0.717, 1.165) is 36.2 Å². The summed E-state index contributed by atoms with van der Waals surface area (Å²) < 4.78 is 32.0. The number of carbonyl (C=O) groups excluding carboxylic acids is 2. The van der Waals surface area contributed by atoms with Gasteiger partial charge in [-0.15, -0.1) is 0 Å². The summed E-state index contributed by atoms with van der Waals surface area (Å²) >= 11 is 12.5. The van der Waals surface area contributed by atoms with Gasteiger partial charge in [-0.3, -0.25) is 13.9 Å². The summed E-state index contributed by atoms with van der Waals surface area (Å²) in [4.78, 5) is 28.6. The van der Waals surface area contributed by atoms with E-state index in [-0.39, 0.29) is 35.0 Å². The Labute approximate surface area is 228 Å². The molecule has 0 bridgehead atoms. The number of hydrogen-bond acceptors (Lipinski definition) is 5. The lowest BCUT2D eigenvalue weighted by atomic mass is 10.1. The average molecular weight is 571 g/mol. The van der Waals surface area contributed by atoms with Gasteiger partial charge < -0.3 is 15.0 Å². The van der Waals surface area contributed by atoms with Crippen LogP contribution in [0.1, 0.15) is 44.6 Å². The van der Waals surface area contributed by atoms with E-state index in [0.29, 0.717) is 17.0 Å². The van der Waals surface area contributed by atoms with Crippen molar-refractivity contribution in [3.05, 3.63) is 58.1 Å². The molecule has 8 nitrogen and oxygen atoms in total. The molecule has 0 aromatic heterocycles. The van der Waals surface area contributed by atoms with Gasteiger partial charge in [0.05, 0.1) is 19.1 Å². The van der Waals surface area contributed by atoms with E-state index < -0.39 is 28.5 Å². The van der Waals surface area contributed by atoms with E-state index in [1.807, 2.05) is 6.92 Å². The van der Waals surface area contributed by atoms with Gasteiger partial charge in [0.2, 0.25) is 21.8 Å². The molecule has 0 spiro atoms. The molecule has 0 saturated heterocycles. The standard InChI is InChI=1S/C26H33Cl2N3O5S/c1-4-22(26(33)29-20-10-6-7-11-20)30(16-18-9-5-8-12-21(18)28)25(32)17-31(37(3,34)35)23-15-19(27)13-14-24(23)36-2/h5,8-9,12-15,20,22H,4,6-7,10-11,16-17H2,1-3H3,(H,29,33)/t22-/m0/s1. The third kappa shape index (κ3) is 7.52. The zero-order valence-electron chi connectivity index (χ0n) is 21.2. The number of amides is 2. The van der Waals surface area contributed by atoms with Crippen molar-refractivity contribution in [2.45, 2.75) is 57.7 Å². The maximum absolute atomic E-state index is 13.8. The van der Waals surface area contributed by atoms with Crippen LogP contribution in [0, 0.1) is 0 Å². The van der Waals surface area contributed by atoms with E-state index in [2.05, 4.69) is 5.32 Å². The van der Waals surface area contributed by atoms with Gasteiger partial charge in [-0.1, -0.05) is 61.2 Å². The van der Waals surface area contributed by atoms with Crippen LogP contribution in [-0.4, -0.2) is 57.1 Å². The van der Waals surface area contributed by atoms with E-state index in [4.69, 9.17) is 27.9 Å². The fraction of sp³-hybridized carbons (Fsp3) is 0.462. The number of anilines is 1. The normalized spacial score (nSPS) is 14.7. The summed E-state index contributed by atoms with van der Waals surface area (Å²) in [5.41, 5.74) is 0.780. The Hall–Kier alpha value is -2.49. The first-order chi connectivity index (χ1) is 17.5. The van der Waals surface area contributed by atoms with E-state index in [9.17, 15) is 18.0 Å². The molecule has 1 aliphatic carbocycles. The molecule has 3 rings (SSSR count). The van der Waals surface area contributed by atoms with Gasteiger partial charge in [0.25, 0.3) is 0 Å². The fourth-order valence-corrected chi connectivity index (χ4v) is 5.76. The van der Waals surface area contributed by atoms with E-state index in [1.54, 1.807) is 30.3 Å². The van der Waals surface area contributed by atoms with Crippen LogP contribution in [-0.2, 0) is 26.2 Å². The van der Waals surface area contributed by atoms with Crippen LogP contribution in [0.25, 0.3) is 0 Å². The van der Waals surface area contributed by atoms with E-state index in [1.165, 1.54) is 24.1 Å². The molecule has 1 aliphatic rings. The summed E-state index contributed by atoms with van der Waals surface area (Å²) in [5.74, 6) is -0.576. The number of methoxy groups -OCH3 is 1. The monoisotopic (exact) mass is 569 g/mol. The minimum Gasteiger partial charge on any atom is -0.495 e. The topological polar surface area (TPSA) is 96.0 Å². The highest BCUT2D eigenvalue weighted by atomic mass is 35.5. The van der Waals surface area contributed by atoms with Crippen molar-refractivity contribution in [3.8, 4) is 5.75 Å². The van der Waals surface area contributed by atoms with Gasteiger partial charge in [0.15, 0.2) is 0 Å². The van der Waals surface area contributed by atoms with Gasteiger partial charge >= 0.3 is 0 Å². The smallest absolute Gasteiger partial charge is 0.244 e. The molecule has 0 aliphatic heterocycles. The minimum absolute atomic E-state index is 0.0411. The Morgan fingerprint density at radius 1 is 1.14 bits per heavy atom. The third-order valence-electron chi connectivity index (χ3n) is 6.47. The second-order valence-corrected chi connectivity index (χ2v) is 11.9. The number of carbonyl (C=O) groups is 2. The summed E-state index contributed by atoms with van der Waals surface area (Å²) in [6.07, 6.45) is 5.24. The molecular weight excluding hydrogens is 537 g/mol. The lowest BCUT2D eigenvalue weighted by Gasteiger charge is -2.33. The van der Waals surface area contributed by atoms with Crippen LogP contribution >= 0.6 is 23.2 Å². The Kier molecular flexibility index (Phi) is 10.1. The van der Waals surface area contributed by atoms with Gasteiger partial charge in [0, 0.05) is 22.6 Å². The average Bonchev–Trinajstić information content (AvgIpc) is 3.35. The van der Waals surface area contributed by atoms with Crippen LogP contribution in [0.4, 0.5) is 5.69 Å². The molecular formula is C26H33Cl2N3O5S. The van der Waals surface area contributed by atoms with Crippen LogP contribution in [0.2, 0.25) is 10.0 Å². The molecule has 2 aromatic carbocycles. The Balaban J connectivity index is 1.98. The lowest BCUT2D eigenvalue weighted by Crippen LogP contribution is -2.53. The van der Waals surface area contributed by atoms with Crippen molar-refractivity contribution < 1.29 is 22.7 Å². The predicted molar refractivity (Wildman–Crippen MR) is 147 cm³/mol. The maximum Gasteiger partial charge on any atom is 0.244 e. The number of halogens is 2. The predicted octanol–water partition coefficient (Wildman–Crippen LogP) is 4.63. The number of nitrogens with zero attached hydrogens (tertiary/aromatic N) is 2. The molecule has 0 radical (unpaired) electrons. The number of rotatable bonds is 11. The van der Waals surface area contributed by atoms with Crippen LogP contribution in [0.15, 0.2) is 42.5 Å². The highest BCUT2D eigenvalue weighted by molar-refractivity contribution is 7.92.